The molecule has 1 unspecified atom stereocenters. The van der Waals surface area contributed by atoms with Crippen LogP contribution in [0.1, 0.15) is 33.3 Å². The van der Waals surface area contributed by atoms with Gasteiger partial charge in [-0.2, -0.15) is 5.10 Å². The molecule has 7 heteroatoms. The molecule has 4 heterocycles. The summed E-state index contributed by atoms with van der Waals surface area (Å²) in [7, 11) is 0. The van der Waals surface area contributed by atoms with Crippen LogP contribution in [0.25, 0.3) is 10.4 Å². The predicted octanol–water partition coefficient (Wildman–Crippen LogP) is 4.90. The highest BCUT2D eigenvalue weighted by Crippen LogP contribution is 2.39. The number of hydrazone groups is 1. The van der Waals surface area contributed by atoms with Crippen LogP contribution >= 0.6 is 11.3 Å². The van der Waals surface area contributed by atoms with Crippen molar-refractivity contribution < 1.29 is 9.90 Å². The summed E-state index contributed by atoms with van der Waals surface area (Å²) < 4.78 is 0. The molecule has 0 radical (unpaired) electrons. The van der Waals surface area contributed by atoms with Gasteiger partial charge in [0.1, 0.15) is 5.75 Å². The average Bonchev–Trinajstić information content (AvgIpc) is 3.48. The van der Waals surface area contributed by atoms with E-state index in [-0.39, 0.29) is 11.7 Å². The molecule has 1 N–H and O–H groups in total. The van der Waals surface area contributed by atoms with Crippen molar-refractivity contribution in [2.24, 2.45) is 5.10 Å². The number of phenolic OH excluding ortho intramolecular Hbond substituents is 1. The van der Waals surface area contributed by atoms with Gasteiger partial charge in [-0.15, -0.1) is 11.3 Å². The van der Waals surface area contributed by atoms with Gasteiger partial charge in [0.25, 0.3) is 5.91 Å². The molecule has 4 aromatic rings. The quantitative estimate of drug-likeness (QED) is 0.503. The van der Waals surface area contributed by atoms with E-state index in [2.05, 4.69) is 15.1 Å². The van der Waals surface area contributed by atoms with Crippen LogP contribution < -0.4 is 0 Å². The first-order chi connectivity index (χ1) is 15.2. The van der Waals surface area contributed by atoms with Gasteiger partial charge in [0, 0.05) is 52.8 Å². The van der Waals surface area contributed by atoms with E-state index in [4.69, 9.17) is 0 Å². The fourth-order valence-corrected chi connectivity index (χ4v) is 4.58. The Morgan fingerprint density at radius 3 is 2.39 bits per heavy atom. The molecule has 1 atom stereocenters. The maximum Gasteiger partial charge on any atom is 0.284 e. The van der Waals surface area contributed by atoms with Gasteiger partial charge in [-0.25, -0.2) is 5.01 Å². The van der Waals surface area contributed by atoms with Crippen LogP contribution in [0.5, 0.6) is 5.75 Å². The molecule has 0 bridgehead atoms. The summed E-state index contributed by atoms with van der Waals surface area (Å²) in [6.07, 6.45) is 7.43. The largest absolute Gasteiger partial charge is 0.508 e. The van der Waals surface area contributed by atoms with Gasteiger partial charge in [0.2, 0.25) is 0 Å². The lowest BCUT2D eigenvalue weighted by Gasteiger charge is -2.22. The Hall–Kier alpha value is -3.84. The van der Waals surface area contributed by atoms with Crippen LogP contribution in [0.3, 0.4) is 0 Å². The number of phenols is 1. The molecule has 0 saturated heterocycles. The Kier molecular flexibility index (Phi) is 5.01. The van der Waals surface area contributed by atoms with E-state index < -0.39 is 6.04 Å². The number of amides is 1. The third-order valence-corrected chi connectivity index (χ3v) is 6.29. The SMILES string of the molecule is O=C(c1ccc(-c2cccnc2)s1)N1N=C(c2cccnc2)CC1c1ccccc1O. The zero-order valence-corrected chi connectivity index (χ0v) is 17.2. The molecule has 1 aliphatic heterocycles. The monoisotopic (exact) mass is 426 g/mol. The van der Waals surface area contributed by atoms with Crippen molar-refractivity contribution in [3.05, 3.63) is 101 Å². The minimum absolute atomic E-state index is 0.148. The topological polar surface area (TPSA) is 78.7 Å². The summed E-state index contributed by atoms with van der Waals surface area (Å²) in [6.45, 7) is 0. The maximum absolute atomic E-state index is 13.5. The average molecular weight is 427 g/mol. The first-order valence-corrected chi connectivity index (χ1v) is 10.6. The third kappa shape index (κ3) is 3.71. The first-order valence-electron chi connectivity index (χ1n) is 9.80. The first kappa shape index (κ1) is 19.1. The second kappa shape index (κ2) is 8.12. The van der Waals surface area contributed by atoms with E-state index in [0.29, 0.717) is 16.9 Å². The second-order valence-electron chi connectivity index (χ2n) is 7.12. The number of aromatic nitrogens is 2. The van der Waals surface area contributed by atoms with Crippen LogP contribution in [0.15, 0.2) is 90.6 Å². The molecule has 3 aromatic heterocycles. The Labute approximate surface area is 183 Å². The highest BCUT2D eigenvalue weighted by molar-refractivity contribution is 7.17. The summed E-state index contributed by atoms with van der Waals surface area (Å²) in [5, 5.41) is 16.6. The number of para-hydroxylation sites is 1. The lowest BCUT2D eigenvalue weighted by atomic mass is 9.98. The molecule has 1 aliphatic rings. The molecular weight excluding hydrogens is 408 g/mol. The number of benzene rings is 1. The van der Waals surface area contributed by atoms with E-state index in [9.17, 15) is 9.90 Å². The van der Waals surface area contributed by atoms with E-state index in [1.165, 1.54) is 16.3 Å². The zero-order valence-electron chi connectivity index (χ0n) is 16.4. The Morgan fingerprint density at radius 2 is 1.68 bits per heavy atom. The van der Waals surface area contributed by atoms with E-state index in [0.717, 1.165) is 21.7 Å². The summed E-state index contributed by atoms with van der Waals surface area (Å²) in [5.74, 6) is -0.0533. The number of carbonyl (C=O) groups is 1. The fraction of sp³-hybridized carbons (Fsp3) is 0.0833. The number of nitrogens with zero attached hydrogens (tertiary/aromatic N) is 4. The highest BCUT2D eigenvalue weighted by atomic mass is 32.1. The Morgan fingerprint density at radius 1 is 0.935 bits per heavy atom. The lowest BCUT2D eigenvalue weighted by Crippen LogP contribution is -2.26. The second-order valence-corrected chi connectivity index (χ2v) is 8.21. The minimum Gasteiger partial charge on any atom is -0.508 e. The van der Waals surface area contributed by atoms with Crippen LogP contribution in [-0.4, -0.2) is 31.7 Å². The van der Waals surface area contributed by atoms with Gasteiger partial charge in [0.15, 0.2) is 0 Å². The van der Waals surface area contributed by atoms with Crippen molar-refractivity contribution in [2.45, 2.75) is 12.5 Å². The molecule has 1 aromatic carbocycles. The molecule has 0 aliphatic carbocycles. The van der Waals surface area contributed by atoms with Crippen molar-refractivity contribution >= 4 is 23.0 Å². The van der Waals surface area contributed by atoms with E-state index >= 15 is 0 Å². The number of carbonyl (C=O) groups excluding carboxylic acids is 1. The fourth-order valence-electron chi connectivity index (χ4n) is 3.65. The van der Waals surface area contributed by atoms with Crippen molar-refractivity contribution in [3.8, 4) is 16.2 Å². The molecule has 6 nitrogen and oxygen atoms in total. The van der Waals surface area contributed by atoms with Gasteiger partial charge in [0.05, 0.1) is 16.6 Å². The van der Waals surface area contributed by atoms with E-state index in [1.807, 2.05) is 48.5 Å². The smallest absolute Gasteiger partial charge is 0.284 e. The molecule has 152 valence electrons. The van der Waals surface area contributed by atoms with Gasteiger partial charge in [-0.3, -0.25) is 14.8 Å². The third-order valence-electron chi connectivity index (χ3n) is 5.17. The molecule has 0 saturated carbocycles. The number of aromatic hydroxyl groups is 1. The van der Waals surface area contributed by atoms with Gasteiger partial charge in [-0.05, 0) is 30.3 Å². The van der Waals surface area contributed by atoms with Crippen LogP contribution in [0.2, 0.25) is 0 Å². The van der Waals surface area contributed by atoms with Crippen molar-refractivity contribution in [1.29, 1.82) is 0 Å². The highest BCUT2D eigenvalue weighted by Gasteiger charge is 2.35. The van der Waals surface area contributed by atoms with Gasteiger partial charge >= 0.3 is 0 Å². The zero-order chi connectivity index (χ0) is 21.2. The molecule has 5 rings (SSSR count). The molecule has 1 amide bonds. The van der Waals surface area contributed by atoms with E-state index in [1.54, 1.807) is 36.9 Å². The van der Waals surface area contributed by atoms with Gasteiger partial charge in [-0.1, -0.05) is 30.3 Å². The Balaban J connectivity index is 1.52. The summed E-state index contributed by atoms with van der Waals surface area (Å²) in [4.78, 5) is 23.3. The number of hydrogen-bond acceptors (Lipinski definition) is 6. The van der Waals surface area contributed by atoms with Gasteiger partial charge < -0.3 is 5.11 Å². The Bertz CT molecular complexity index is 1250. The summed E-state index contributed by atoms with van der Waals surface area (Å²) >= 11 is 1.40. The normalized spacial score (nSPS) is 15.7. The summed E-state index contributed by atoms with van der Waals surface area (Å²) in [6, 6.07) is 18.0. The van der Waals surface area contributed by atoms with Crippen molar-refractivity contribution in [2.75, 3.05) is 0 Å². The molecular formula is C24H18N4O2S. The number of thiophene rings is 1. The lowest BCUT2D eigenvalue weighted by molar-refractivity contribution is 0.0714. The van der Waals surface area contributed by atoms with Crippen molar-refractivity contribution in [1.82, 2.24) is 15.0 Å². The molecule has 0 spiro atoms. The number of hydrogen-bond donors (Lipinski definition) is 1. The standard InChI is InChI=1S/C24H18N4O2S/c29-21-8-2-1-7-18(21)20-13-19(16-5-3-11-25-14-16)27-28(20)24(30)23-10-9-22(31-23)17-6-4-12-26-15-17/h1-12,14-15,20,29H,13H2. The number of rotatable bonds is 4. The van der Waals surface area contributed by atoms with Crippen molar-refractivity contribution in [3.63, 3.8) is 0 Å². The van der Waals surface area contributed by atoms with Crippen LogP contribution in [0, 0.1) is 0 Å². The van der Waals surface area contributed by atoms with Crippen LogP contribution in [-0.2, 0) is 0 Å². The molecule has 31 heavy (non-hydrogen) atoms. The summed E-state index contributed by atoms with van der Waals surface area (Å²) in [5.41, 5.74) is 3.26. The van der Waals surface area contributed by atoms with Crippen LogP contribution in [0.4, 0.5) is 0 Å². The maximum atomic E-state index is 13.5. The predicted molar refractivity (Wildman–Crippen MR) is 120 cm³/mol. The molecule has 0 fully saturated rings. The number of pyridine rings is 2. The minimum atomic E-state index is -0.396.